The number of amides is 2. The van der Waals surface area contributed by atoms with Gasteiger partial charge in [-0.1, -0.05) is 98.7 Å². The molecule has 5 rings (SSSR count). The monoisotopic (exact) mass is 586 g/mol. The molecular formula is C31H34N4O6Si. The molecule has 3 aromatic rings. The molecule has 3 aromatic carbocycles. The number of methoxy groups -OCH3 is 1. The van der Waals surface area contributed by atoms with Crippen molar-refractivity contribution in [3.63, 3.8) is 0 Å². The summed E-state index contributed by atoms with van der Waals surface area (Å²) in [5.74, 6) is -1.15. The highest BCUT2D eigenvalue weighted by Crippen LogP contribution is 2.38. The Morgan fingerprint density at radius 3 is 1.88 bits per heavy atom. The van der Waals surface area contributed by atoms with Crippen LogP contribution >= 0.6 is 0 Å². The first-order valence-electron chi connectivity index (χ1n) is 13.8. The van der Waals surface area contributed by atoms with E-state index in [0.717, 1.165) is 15.3 Å². The van der Waals surface area contributed by atoms with Crippen molar-refractivity contribution in [3.05, 3.63) is 106 Å². The predicted octanol–water partition coefficient (Wildman–Crippen LogP) is 3.64. The minimum atomic E-state index is -3.00. The second kappa shape index (κ2) is 11.8. The van der Waals surface area contributed by atoms with E-state index in [-0.39, 0.29) is 22.8 Å². The van der Waals surface area contributed by atoms with Crippen molar-refractivity contribution < 1.29 is 28.6 Å². The third kappa shape index (κ3) is 4.94. The standard InChI is InChI=1S/C31H34N4O6Si/c1-31(2,3)42(20-13-7-5-8-14-20,21-15-9-6-10-16-21)40-19-24-25(33-34-32)27(36)26(30(39-4)41-24)35-28(37)22-17-11-12-18-23(22)29(35)38/h5-18,24-27,30,36H,19H2,1-4H3/t24?,25-,26?,27-,30+/m0/s1. The summed E-state index contributed by atoms with van der Waals surface area (Å²) in [6, 6.07) is 24.1. The molecule has 11 heteroatoms. The Bertz CT molecular complexity index is 1420. The minimum Gasteiger partial charge on any atom is -0.405 e. The summed E-state index contributed by atoms with van der Waals surface area (Å²) >= 11 is 0. The second-order valence-electron chi connectivity index (χ2n) is 11.5. The molecule has 0 radical (unpaired) electrons. The van der Waals surface area contributed by atoms with E-state index in [2.05, 4.69) is 55.1 Å². The van der Waals surface area contributed by atoms with Gasteiger partial charge >= 0.3 is 0 Å². The van der Waals surface area contributed by atoms with E-state index in [4.69, 9.17) is 13.9 Å². The smallest absolute Gasteiger partial charge is 0.262 e. The van der Waals surface area contributed by atoms with Crippen LogP contribution in [0.5, 0.6) is 0 Å². The Morgan fingerprint density at radius 2 is 1.43 bits per heavy atom. The molecule has 42 heavy (non-hydrogen) atoms. The highest BCUT2D eigenvalue weighted by Gasteiger charge is 2.55. The van der Waals surface area contributed by atoms with Gasteiger partial charge in [-0.05, 0) is 33.1 Å². The first-order valence-corrected chi connectivity index (χ1v) is 15.7. The molecule has 2 aliphatic heterocycles. The van der Waals surface area contributed by atoms with E-state index >= 15 is 0 Å². The van der Waals surface area contributed by atoms with Crippen LogP contribution in [0.25, 0.3) is 10.4 Å². The highest BCUT2D eigenvalue weighted by atomic mass is 28.4. The number of aliphatic hydroxyl groups is 1. The first kappa shape index (κ1) is 29.7. The lowest BCUT2D eigenvalue weighted by atomic mass is 9.94. The third-order valence-corrected chi connectivity index (χ3v) is 13.1. The van der Waals surface area contributed by atoms with Crippen LogP contribution in [0.15, 0.2) is 90.0 Å². The first-order chi connectivity index (χ1) is 20.2. The van der Waals surface area contributed by atoms with Gasteiger partial charge in [0, 0.05) is 12.0 Å². The van der Waals surface area contributed by atoms with Crippen molar-refractivity contribution in [3.8, 4) is 0 Å². The number of rotatable bonds is 8. The number of hydrogen-bond acceptors (Lipinski definition) is 7. The molecule has 1 fully saturated rings. The topological polar surface area (TPSA) is 134 Å². The van der Waals surface area contributed by atoms with E-state index in [9.17, 15) is 20.2 Å². The zero-order valence-electron chi connectivity index (χ0n) is 24.0. The summed E-state index contributed by atoms with van der Waals surface area (Å²) in [5, 5.41) is 17.3. The normalized spacial score (nSPS) is 24.3. The van der Waals surface area contributed by atoms with Gasteiger partial charge < -0.3 is 19.0 Å². The van der Waals surface area contributed by atoms with Crippen molar-refractivity contribution in [2.75, 3.05) is 13.7 Å². The van der Waals surface area contributed by atoms with Gasteiger partial charge in [0.2, 0.25) is 0 Å². The van der Waals surface area contributed by atoms with Gasteiger partial charge in [0.05, 0.1) is 36.0 Å². The number of hydrogen-bond donors (Lipinski definition) is 1. The van der Waals surface area contributed by atoms with Crippen molar-refractivity contribution in [1.29, 1.82) is 0 Å². The molecule has 218 valence electrons. The molecule has 5 atom stereocenters. The van der Waals surface area contributed by atoms with Gasteiger partial charge in [-0.3, -0.25) is 14.5 Å². The molecule has 10 nitrogen and oxygen atoms in total. The molecule has 2 unspecified atom stereocenters. The number of carbonyl (C=O) groups is 2. The maximum atomic E-state index is 13.3. The molecule has 0 aromatic heterocycles. The number of fused-ring (bicyclic) bond motifs is 1. The Hall–Kier alpha value is -3.83. The number of nitrogens with zero attached hydrogens (tertiary/aromatic N) is 4. The van der Waals surface area contributed by atoms with Crippen LogP contribution in [-0.2, 0) is 13.9 Å². The maximum Gasteiger partial charge on any atom is 0.262 e. The van der Waals surface area contributed by atoms with Crippen molar-refractivity contribution in [2.45, 2.75) is 56.4 Å². The molecule has 2 amide bonds. The zero-order chi connectivity index (χ0) is 30.1. The zero-order valence-corrected chi connectivity index (χ0v) is 25.0. The summed E-state index contributed by atoms with van der Waals surface area (Å²) in [5.41, 5.74) is 9.92. The quantitative estimate of drug-likeness (QED) is 0.141. The Morgan fingerprint density at radius 1 is 0.929 bits per heavy atom. The largest absolute Gasteiger partial charge is 0.405 e. The van der Waals surface area contributed by atoms with Crippen LogP contribution in [-0.4, -0.2) is 74.4 Å². The molecule has 1 saturated heterocycles. The van der Waals surface area contributed by atoms with Gasteiger partial charge in [-0.25, -0.2) is 0 Å². The van der Waals surface area contributed by atoms with Crippen LogP contribution in [0.4, 0.5) is 0 Å². The number of ether oxygens (including phenoxy) is 2. The fourth-order valence-corrected chi connectivity index (χ4v) is 10.7. The fourth-order valence-electron chi connectivity index (χ4n) is 6.17. The lowest BCUT2D eigenvalue weighted by molar-refractivity contribution is -0.242. The minimum absolute atomic E-state index is 0.0390. The lowest BCUT2D eigenvalue weighted by Crippen LogP contribution is -2.69. The number of aliphatic hydroxyl groups excluding tert-OH is 1. The predicted molar refractivity (Wildman–Crippen MR) is 159 cm³/mol. The van der Waals surface area contributed by atoms with Gasteiger partial charge in [0.25, 0.3) is 20.1 Å². The fraction of sp³-hybridized carbons (Fsp3) is 0.355. The van der Waals surface area contributed by atoms with Crippen LogP contribution in [0.2, 0.25) is 5.04 Å². The average Bonchev–Trinajstić information content (AvgIpc) is 3.24. The number of benzene rings is 3. The molecule has 2 heterocycles. The SMILES string of the molecule is CO[C@@H]1OC(CO[Si](c2ccccc2)(c2ccccc2)C(C)(C)C)[C@H](N=[N+]=[N-])[C@H](O)C1N1C(=O)c2ccccc2C1=O. The van der Waals surface area contributed by atoms with Crippen LogP contribution < -0.4 is 10.4 Å². The molecule has 0 saturated carbocycles. The second-order valence-corrected chi connectivity index (χ2v) is 15.8. The number of imide groups is 1. The molecule has 2 aliphatic rings. The summed E-state index contributed by atoms with van der Waals surface area (Å²) in [7, 11) is -1.63. The van der Waals surface area contributed by atoms with Gasteiger partial charge in [0.1, 0.15) is 6.04 Å². The molecule has 0 aliphatic carbocycles. The van der Waals surface area contributed by atoms with E-state index in [0.29, 0.717) is 0 Å². The summed E-state index contributed by atoms with van der Waals surface area (Å²) in [6.45, 7) is 6.37. The van der Waals surface area contributed by atoms with Crippen LogP contribution in [0.1, 0.15) is 41.5 Å². The highest BCUT2D eigenvalue weighted by molar-refractivity contribution is 6.99. The maximum absolute atomic E-state index is 13.3. The molecule has 0 spiro atoms. The van der Waals surface area contributed by atoms with Crippen molar-refractivity contribution in [1.82, 2.24) is 4.90 Å². The van der Waals surface area contributed by atoms with Gasteiger partial charge in [0.15, 0.2) is 6.29 Å². The molecular weight excluding hydrogens is 552 g/mol. The molecule has 0 bridgehead atoms. The van der Waals surface area contributed by atoms with Gasteiger partial charge in [-0.15, -0.1) is 0 Å². The van der Waals surface area contributed by atoms with Crippen molar-refractivity contribution in [2.24, 2.45) is 5.11 Å². The average molecular weight is 587 g/mol. The number of carbonyl (C=O) groups excluding carboxylic acids is 2. The van der Waals surface area contributed by atoms with E-state index in [1.165, 1.54) is 7.11 Å². The Kier molecular flexibility index (Phi) is 8.34. The van der Waals surface area contributed by atoms with Crippen LogP contribution in [0.3, 0.4) is 0 Å². The van der Waals surface area contributed by atoms with Gasteiger partial charge in [-0.2, -0.15) is 0 Å². The summed E-state index contributed by atoms with van der Waals surface area (Å²) in [6.07, 6.45) is -3.61. The van der Waals surface area contributed by atoms with E-state index in [1.807, 2.05) is 36.4 Å². The van der Waals surface area contributed by atoms with Crippen LogP contribution in [0, 0.1) is 0 Å². The van der Waals surface area contributed by atoms with Crippen molar-refractivity contribution >= 4 is 30.5 Å². The van der Waals surface area contributed by atoms with E-state index < -0.39 is 50.7 Å². The summed E-state index contributed by atoms with van der Waals surface area (Å²) < 4.78 is 18.9. The Balaban J connectivity index is 1.51. The molecule has 1 N–H and O–H groups in total. The lowest BCUT2D eigenvalue weighted by Gasteiger charge is -2.47. The summed E-state index contributed by atoms with van der Waals surface area (Å²) in [4.78, 5) is 30.5. The third-order valence-electron chi connectivity index (χ3n) is 8.09. The number of azide groups is 1. The Labute approximate surface area is 245 Å². The van der Waals surface area contributed by atoms with E-state index in [1.54, 1.807) is 24.3 Å².